The molecule has 126 valence electrons. The highest BCUT2D eigenvalue weighted by atomic mass is 16.5. The number of hydrogen-bond acceptors (Lipinski definition) is 4. The number of aliphatic hydroxyl groups excluding tert-OH is 1. The van der Waals surface area contributed by atoms with Gasteiger partial charge in [-0.3, -0.25) is 4.90 Å². The summed E-state index contributed by atoms with van der Waals surface area (Å²) in [6.07, 6.45) is 0.642. The van der Waals surface area contributed by atoms with Crippen molar-refractivity contribution in [1.82, 2.24) is 4.90 Å². The Morgan fingerprint density at radius 3 is 2.68 bits per heavy atom. The number of benzene rings is 1. The highest BCUT2D eigenvalue weighted by molar-refractivity contribution is 5.22. The van der Waals surface area contributed by atoms with Gasteiger partial charge in [-0.25, -0.2) is 0 Å². The fourth-order valence-corrected chi connectivity index (χ4v) is 2.39. The van der Waals surface area contributed by atoms with E-state index in [9.17, 15) is 5.11 Å². The van der Waals surface area contributed by atoms with Crippen LogP contribution in [-0.2, 0) is 16.0 Å². The Kier molecular flexibility index (Phi) is 9.32. The average molecular weight is 309 g/mol. The molecular weight excluding hydrogens is 278 g/mol. The third kappa shape index (κ3) is 8.49. The van der Waals surface area contributed by atoms with Crippen LogP contribution in [0, 0.1) is 6.92 Å². The molecule has 4 nitrogen and oxygen atoms in total. The Labute approximate surface area is 135 Å². The van der Waals surface area contributed by atoms with Gasteiger partial charge >= 0.3 is 0 Å². The largest absolute Gasteiger partial charge is 0.389 e. The Bertz CT molecular complexity index is 409. The van der Waals surface area contributed by atoms with Gasteiger partial charge in [-0.05, 0) is 32.8 Å². The predicted octanol–water partition coefficient (Wildman–Crippen LogP) is 2.62. The molecule has 0 saturated carbocycles. The molecule has 0 aliphatic carbocycles. The summed E-state index contributed by atoms with van der Waals surface area (Å²) in [5.41, 5.74) is 2.53. The molecule has 0 bridgehead atoms. The zero-order chi connectivity index (χ0) is 16.4. The average Bonchev–Trinajstić information content (AvgIpc) is 2.45. The van der Waals surface area contributed by atoms with Crippen molar-refractivity contribution in [3.63, 3.8) is 0 Å². The number of aliphatic hydroxyl groups is 1. The number of nitrogens with zero attached hydrogens (tertiary/aromatic N) is 1. The third-order valence-electron chi connectivity index (χ3n) is 3.40. The van der Waals surface area contributed by atoms with Gasteiger partial charge in [-0.2, -0.15) is 0 Å². The molecule has 0 unspecified atom stereocenters. The summed E-state index contributed by atoms with van der Waals surface area (Å²) in [4.78, 5) is 2.27. The smallest absolute Gasteiger partial charge is 0.0900 e. The zero-order valence-electron chi connectivity index (χ0n) is 14.4. The Balaban J connectivity index is 2.54. The van der Waals surface area contributed by atoms with Gasteiger partial charge in [0.25, 0.3) is 0 Å². The van der Waals surface area contributed by atoms with E-state index in [1.807, 2.05) is 13.8 Å². The van der Waals surface area contributed by atoms with Gasteiger partial charge < -0.3 is 14.6 Å². The number of rotatable bonds is 11. The van der Waals surface area contributed by atoms with Crippen molar-refractivity contribution in [2.45, 2.75) is 45.9 Å². The quantitative estimate of drug-likeness (QED) is 0.638. The minimum Gasteiger partial charge on any atom is -0.389 e. The molecule has 0 aliphatic heterocycles. The Hall–Kier alpha value is -0.940. The first-order valence-electron chi connectivity index (χ1n) is 8.07. The molecule has 1 N–H and O–H groups in total. The molecule has 0 spiro atoms. The highest BCUT2D eigenvalue weighted by Crippen LogP contribution is 2.09. The number of hydrogen-bond donors (Lipinski definition) is 1. The van der Waals surface area contributed by atoms with E-state index in [1.165, 1.54) is 11.1 Å². The molecule has 1 aromatic rings. The second-order valence-corrected chi connectivity index (χ2v) is 6.11. The maximum absolute atomic E-state index is 10.2. The van der Waals surface area contributed by atoms with E-state index in [2.05, 4.69) is 36.1 Å². The second kappa shape index (κ2) is 10.7. The predicted molar refractivity (Wildman–Crippen MR) is 90.0 cm³/mol. The van der Waals surface area contributed by atoms with Crippen molar-refractivity contribution in [3.05, 3.63) is 35.4 Å². The van der Waals surface area contributed by atoms with Crippen molar-refractivity contribution >= 4 is 0 Å². The van der Waals surface area contributed by atoms with Crippen LogP contribution in [-0.4, -0.2) is 55.6 Å². The molecule has 0 aromatic heterocycles. The third-order valence-corrected chi connectivity index (χ3v) is 3.40. The standard InChI is InChI=1S/C18H31NO3/c1-15(2)22-14-18(20)13-19(9-6-10-21-4)12-17-8-5-7-16(3)11-17/h5,7-8,11,15,18,20H,6,9-10,12-14H2,1-4H3/t18-/m1/s1. The van der Waals surface area contributed by atoms with E-state index in [0.717, 1.165) is 26.1 Å². The summed E-state index contributed by atoms with van der Waals surface area (Å²) in [6, 6.07) is 8.51. The number of ether oxygens (including phenoxy) is 2. The highest BCUT2D eigenvalue weighted by Gasteiger charge is 2.13. The minimum atomic E-state index is -0.463. The summed E-state index contributed by atoms with van der Waals surface area (Å²) in [6.45, 7) is 9.54. The van der Waals surface area contributed by atoms with Crippen molar-refractivity contribution in [1.29, 1.82) is 0 Å². The summed E-state index contributed by atoms with van der Waals surface area (Å²) in [7, 11) is 1.72. The van der Waals surface area contributed by atoms with E-state index in [1.54, 1.807) is 7.11 Å². The first kappa shape index (κ1) is 19.1. The fraction of sp³-hybridized carbons (Fsp3) is 0.667. The van der Waals surface area contributed by atoms with Crippen molar-refractivity contribution in [2.75, 3.05) is 33.4 Å². The van der Waals surface area contributed by atoms with Crippen LogP contribution in [0.25, 0.3) is 0 Å². The molecule has 0 fully saturated rings. The second-order valence-electron chi connectivity index (χ2n) is 6.11. The summed E-state index contributed by atoms with van der Waals surface area (Å²) in [5.74, 6) is 0. The van der Waals surface area contributed by atoms with Gasteiger partial charge in [-0.1, -0.05) is 29.8 Å². The molecule has 1 atom stereocenters. The summed E-state index contributed by atoms with van der Waals surface area (Å²) in [5, 5.41) is 10.2. The molecule has 22 heavy (non-hydrogen) atoms. The van der Waals surface area contributed by atoms with Crippen LogP contribution < -0.4 is 0 Å². The maximum atomic E-state index is 10.2. The molecule has 1 rings (SSSR count). The SMILES string of the molecule is COCCCN(Cc1cccc(C)c1)C[C@@H](O)COC(C)C. The molecule has 0 amide bonds. The van der Waals surface area contributed by atoms with Crippen LogP contribution in [0.1, 0.15) is 31.4 Å². The van der Waals surface area contributed by atoms with Crippen LogP contribution >= 0.6 is 0 Å². The van der Waals surface area contributed by atoms with E-state index in [0.29, 0.717) is 13.2 Å². The van der Waals surface area contributed by atoms with Crippen molar-refractivity contribution in [2.24, 2.45) is 0 Å². The summed E-state index contributed by atoms with van der Waals surface area (Å²) >= 11 is 0. The Morgan fingerprint density at radius 2 is 2.05 bits per heavy atom. The van der Waals surface area contributed by atoms with Gasteiger partial charge in [0.2, 0.25) is 0 Å². The van der Waals surface area contributed by atoms with E-state index in [4.69, 9.17) is 9.47 Å². The number of methoxy groups -OCH3 is 1. The monoisotopic (exact) mass is 309 g/mol. The van der Waals surface area contributed by atoms with E-state index in [-0.39, 0.29) is 6.10 Å². The summed E-state index contributed by atoms with van der Waals surface area (Å²) < 4.78 is 10.6. The van der Waals surface area contributed by atoms with Gasteiger partial charge in [0.15, 0.2) is 0 Å². The normalized spacial score (nSPS) is 13.0. The van der Waals surface area contributed by atoms with E-state index < -0.39 is 6.10 Å². The fourth-order valence-electron chi connectivity index (χ4n) is 2.39. The lowest BCUT2D eigenvalue weighted by atomic mass is 10.1. The van der Waals surface area contributed by atoms with Crippen molar-refractivity contribution in [3.8, 4) is 0 Å². The first-order chi connectivity index (χ1) is 10.5. The van der Waals surface area contributed by atoms with Gasteiger partial charge in [-0.15, -0.1) is 0 Å². The number of aryl methyl sites for hydroxylation is 1. The lowest BCUT2D eigenvalue weighted by Crippen LogP contribution is -2.36. The molecule has 0 heterocycles. The van der Waals surface area contributed by atoms with Crippen LogP contribution in [0.4, 0.5) is 0 Å². The Morgan fingerprint density at radius 1 is 1.27 bits per heavy atom. The maximum Gasteiger partial charge on any atom is 0.0900 e. The lowest BCUT2D eigenvalue weighted by Gasteiger charge is -2.25. The van der Waals surface area contributed by atoms with Crippen LogP contribution in [0.2, 0.25) is 0 Å². The van der Waals surface area contributed by atoms with Gasteiger partial charge in [0.05, 0.1) is 18.8 Å². The lowest BCUT2D eigenvalue weighted by molar-refractivity contribution is -0.0103. The van der Waals surface area contributed by atoms with Crippen molar-refractivity contribution < 1.29 is 14.6 Å². The molecule has 0 radical (unpaired) electrons. The van der Waals surface area contributed by atoms with Crippen LogP contribution in [0.3, 0.4) is 0 Å². The van der Waals surface area contributed by atoms with Gasteiger partial charge in [0, 0.05) is 33.4 Å². The molecular formula is C18H31NO3. The molecule has 4 heteroatoms. The topological polar surface area (TPSA) is 41.9 Å². The first-order valence-corrected chi connectivity index (χ1v) is 8.07. The van der Waals surface area contributed by atoms with E-state index >= 15 is 0 Å². The molecule has 0 saturated heterocycles. The zero-order valence-corrected chi connectivity index (χ0v) is 14.4. The molecule has 1 aromatic carbocycles. The van der Waals surface area contributed by atoms with Crippen LogP contribution in [0.5, 0.6) is 0 Å². The molecule has 0 aliphatic rings. The minimum absolute atomic E-state index is 0.147. The van der Waals surface area contributed by atoms with Crippen LogP contribution in [0.15, 0.2) is 24.3 Å². The van der Waals surface area contributed by atoms with Gasteiger partial charge in [0.1, 0.15) is 0 Å².